The van der Waals surface area contributed by atoms with Crippen molar-refractivity contribution in [1.29, 1.82) is 5.26 Å². The Morgan fingerprint density at radius 3 is 2.59 bits per heavy atom. The third kappa shape index (κ3) is 6.10. The van der Waals surface area contributed by atoms with Gasteiger partial charge in [0, 0.05) is 5.69 Å². The number of halogens is 1. The number of rotatable bonds is 7. The zero-order valence-corrected chi connectivity index (χ0v) is 18.9. The van der Waals surface area contributed by atoms with E-state index in [1.807, 2.05) is 58.9 Å². The van der Waals surface area contributed by atoms with Crippen LogP contribution in [-0.4, -0.2) is 18.6 Å². The summed E-state index contributed by atoms with van der Waals surface area (Å²) in [6, 6.07) is 11.3. The van der Waals surface area contributed by atoms with E-state index in [2.05, 4.69) is 21.2 Å². The van der Waals surface area contributed by atoms with E-state index in [1.54, 1.807) is 12.1 Å². The van der Waals surface area contributed by atoms with E-state index in [0.717, 1.165) is 11.1 Å². The number of nitrogens with one attached hydrogen (secondary N) is 1. The minimum absolute atomic E-state index is 0.00292. The predicted molar refractivity (Wildman–Crippen MR) is 119 cm³/mol. The van der Waals surface area contributed by atoms with Crippen molar-refractivity contribution < 1.29 is 14.3 Å². The molecule has 6 heteroatoms. The molecule has 0 aromatic heterocycles. The van der Waals surface area contributed by atoms with Crippen LogP contribution in [0.3, 0.4) is 0 Å². The van der Waals surface area contributed by atoms with Crippen molar-refractivity contribution in [3.05, 3.63) is 57.1 Å². The van der Waals surface area contributed by atoms with Crippen LogP contribution in [0.4, 0.5) is 5.69 Å². The molecule has 0 saturated carbocycles. The lowest BCUT2D eigenvalue weighted by Gasteiger charge is -2.17. The molecule has 2 aromatic rings. The number of anilines is 1. The Morgan fingerprint density at radius 2 is 2.00 bits per heavy atom. The van der Waals surface area contributed by atoms with Crippen molar-refractivity contribution in [3.63, 3.8) is 0 Å². The third-order valence-electron chi connectivity index (χ3n) is 3.99. The highest BCUT2D eigenvalue weighted by Crippen LogP contribution is 2.38. The number of carbonyl (C=O) groups is 1. The number of aryl methyl sites for hydroxylation is 2. The van der Waals surface area contributed by atoms with Crippen molar-refractivity contribution in [3.8, 4) is 17.6 Å². The van der Waals surface area contributed by atoms with Gasteiger partial charge in [0.2, 0.25) is 0 Å². The topological polar surface area (TPSA) is 71.3 Å². The molecule has 2 aromatic carbocycles. The summed E-state index contributed by atoms with van der Waals surface area (Å²) < 4.78 is 12.2. The fraction of sp³-hybridized carbons (Fsp3) is 0.304. The summed E-state index contributed by atoms with van der Waals surface area (Å²) in [5.74, 6) is 0.683. The lowest BCUT2D eigenvalue weighted by Crippen LogP contribution is -2.14. The Bertz CT molecular complexity index is 975. The third-order valence-corrected chi connectivity index (χ3v) is 4.58. The molecule has 0 saturated heterocycles. The Kier molecular flexibility index (Phi) is 7.86. The summed E-state index contributed by atoms with van der Waals surface area (Å²) >= 11 is 3.50. The molecule has 1 amide bonds. The highest BCUT2D eigenvalue weighted by atomic mass is 79.9. The number of carbonyl (C=O) groups excluding carboxylic acids is 1. The van der Waals surface area contributed by atoms with E-state index < -0.39 is 5.91 Å². The highest BCUT2D eigenvalue weighted by Gasteiger charge is 2.15. The first kappa shape index (κ1) is 22.5. The number of hydrogen-bond acceptors (Lipinski definition) is 4. The Balaban J connectivity index is 2.36. The zero-order chi connectivity index (χ0) is 21.6. The molecule has 0 bridgehead atoms. The van der Waals surface area contributed by atoms with E-state index in [9.17, 15) is 10.1 Å². The van der Waals surface area contributed by atoms with Crippen LogP contribution in [0.2, 0.25) is 0 Å². The summed E-state index contributed by atoms with van der Waals surface area (Å²) in [5.41, 5.74) is 3.37. The monoisotopic (exact) mass is 456 g/mol. The van der Waals surface area contributed by atoms with E-state index in [4.69, 9.17) is 9.47 Å². The van der Waals surface area contributed by atoms with Crippen molar-refractivity contribution in [1.82, 2.24) is 0 Å². The summed E-state index contributed by atoms with van der Waals surface area (Å²) in [6.07, 6.45) is 1.51. The Hall–Kier alpha value is -2.78. The van der Waals surface area contributed by atoms with E-state index in [-0.39, 0.29) is 11.7 Å². The molecule has 0 aliphatic carbocycles. The molecule has 1 N–H and O–H groups in total. The fourth-order valence-electron chi connectivity index (χ4n) is 2.74. The molecule has 5 nitrogen and oxygen atoms in total. The maximum atomic E-state index is 12.6. The van der Waals surface area contributed by atoms with Crippen molar-refractivity contribution in [2.24, 2.45) is 0 Å². The lowest BCUT2D eigenvalue weighted by molar-refractivity contribution is -0.112. The van der Waals surface area contributed by atoms with E-state index >= 15 is 0 Å². The van der Waals surface area contributed by atoms with Gasteiger partial charge in [0.05, 0.1) is 17.2 Å². The summed E-state index contributed by atoms with van der Waals surface area (Å²) in [6.45, 7) is 10.1. The Morgan fingerprint density at radius 1 is 1.28 bits per heavy atom. The predicted octanol–water partition coefficient (Wildman–Crippen LogP) is 5.80. The number of nitrogens with zero attached hydrogens (tertiary/aromatic N) is 1. The smallest absolute Gasteiger partial charge is 0.266 e. The fourth-order valence-corrected chi connectivity index (χ4v) is 3.30. The Labute approximate surface area is 180 Å². The summed E-state index contributed by atoms with van der Waals surface area (Å²) in [7, 11) is 0. The molecule has 0 aliphatic rings. The van der Waals surface area contributed by atoms with Gasteiger partial charge in [-0.3, -0.25) is 4.79 Å². The van der Waals surface area contributed by atoms with Gasteiger partial charge in [0.25, 0.3) is 5.91 Å². The van der Waals surface area contributed by atoms with Gasteiger partial charge in [0.1, 0.15) is 11.6 Å². The van der Waals surface area contributed by atoms with Gasteiger partial charge in [-0.2, -0.15) is 5.26 Å². The van der Waals surface area contributed by atoms with Gasteiger partial charge in [-0.15, -0.1) is 0 Å². The number of hydrogen-bond donors (Lipinski definition) is 1. The number of amides is 1. The van der Waals surface area contributed by atoms with Crippen LogP contribution >= 0.6 is 15.9 Å². The first-order chi connectivity index (χ1) is 13.7. The van der Waals surface area contributed by atoms with Crippen molar-refractivity contribution >= 4 is 33.6 Å². The normalized spacial score (nSPS) is 11.2. The van der Waals surface area contributed by atoms with Crippen LogP contribution in [-0.2, 0) is 4.79 Å². The maximum Gasteiger partial charge on any atom is 0.266 e. The van der Waals surface area contributed by atoms with Crippen LogP contribution in [0.5, 0.6) is 11.5 Å². The average molecular weight is 457 g/mol. The molecule has 152 valence electrons. The van der Waals surface area contributed by atoms with E-state index in [1.165, 1.54) is 6.08 Å². The summed E-state index contributed by atoms with van der Waals surface area (Å²) in [5, 5.41) is 12.3. The van der Waals surface area contributed by atoms with Crippen molar-refractivity contribution in [2.75, 3.05) is 11.9 Å². The SMILES string of the molecule is CCOc1cc(/C=C(\C#N)C(=O)Nc2ccc(C)cc2C)cc(Br)c1OC(C)C. The second kappa shape index (κ2) is 10.1. The van der Waals surface area contributed by atoms with E-state index in [0.29, 0.717) is 33.8 Å². The maximum absolute atomic E-state index is 12.6. The minimum Gasteiger partial charge on any atom is -0.490 e. The van der Waals surface area contributed by atoms with Crippen LogP contribution in [0, 0.1) is 25.2 Å². The van der Waals surface area contributed by atoms with Gasteiger partial charge in [-0.1, -0.05) is 17.7 Å². The second-order valence-corrected chi connectivity index (χ2v) is 7.73. The molecule has 29 heavy (non-hydrogen) atoms. The molecular formula is C23H25BrN2O3. The average Bonchev–Trinajstić information content (AvgIpc) is 2.64. The molecule has 0 unspecified atom stereocenters. The van der Waals surface area contributed by atoms with Crippen molar-refractivity contribution in [2.45, 2.75) is 40.7 Å². The quantitative estimate of drug-likeness (QED) is 0.422. The lowest BCUT2D eigenvalue weighted by atomic mass is 10.1. The second-order valence-electron chi connectivity index (χ2n) is 6.87. The molecule has 0 heterocycles. The van der Waals surface area contributed by atoms with Gasteiger partial charge in [-0.05, 0) is 86.0 Å². The highest BCUT2D eigenvalue weighted by molar-refractivity contribution is 9.10. The standard InChI is InChI=1S/C23H25BrN2O3/c1-6-28-21-12-17(11-19(24)22(21)29-14(2)3)10-18(13-25)23(27)26-20-8-7-15(4)9-16(20)5/h7-12,14H,6H2,1-5H3,(H,26,27)/b18-10+. The van der Waals surface area contributed by atoms with Crippen LogP contribution < -0.4 is 14.8 Å². The minimum atomic E-state index is -0.462. The molecule has 0 atom stereocenters. The first-order valence-corrected chi connectivity index (χ1v) is 10.2. The molecule has 2 rings (SSSR count). The van der Waals surface area contributed by atoms with Crippen LogP contribution in [0.25, 0.3) is 6.08 Å². The molecule has 0 fully saturated rings. The summed E-state index contributed by atoms with van der Waals surface area (Å²) in [4.78, 5) is 12.6. The van der Waals surface area contributed by atoms with Gasteiger partial charge in [0.15, 0.2) is 11.5 Å². The molecule has 0 radical (unpaired) electrons. The van der Waals surface area contributed by atoms with Crippen LogP contribution in [0.1, 0.15) is 37.5 Å². The van der Waals surface area contributed by atoms with Gasteiger partial charge < -0.3 is 14.8 Å². The number of ether oxygens (including phenoxy) is 2. The zero-order valence-electron chi connectivity index (χ0n) is 17.3. The van der Waals surface area contributed by atoms with Gasteiger partial charge >= 0.3 is 0 Å². The number of nitriles is 1. The van der Waals surface area contributed by atoms with Crippen LogP contribution in [0.15, 0.2) is 40.4 Å². The largest absolute Gasteiger partial charge is 0.490 e. The molecular weight excluding hydrogens is 432 g/mol. The molecule has 0 aliphatic heterocycles. The first-order valence-electron chi connectivity index (χ1n) is 9.38. The molecule has 0 spiro atoms. The number of benzene rings is 2. The van der Waals surface area contributed by atoms with Gasteiger partial charge in [-0.25, -0.2) is 0 Å².